The van der Waals surface area contributed by atoms with Crippen LogP contribution < -0.4 is 10.8 Å². The second-order valence-corrected chi connectivity index (χ2v) is 7.33. The minimum Gasteiger partial charge on any atom is -0.391 e. The highest BCUT2D eigenvalue weighted by Crippen LogP contribution is 2.22. The average Bonchev–Trinajstić information content (AvgIpc) is 2.77. The Kier molecular flexibility index (Phi) is 7.53. The Morgan fingerprint density at radius 2 is 1.80 bits per heavy atom. The van der Waals surface area contributed by atoms with Gasteiger partial charge in [0.2, 0.25) is 0 Å². The van der Waals surface area contributed by atoms with Crippen LogP contribution in [0.15, 0.2) is 48.5 Å². The molecule has 2 aromatic carbocycles. The van der Waals surface area contributed by atoms with Gasteiger partial charge in [0, 0.05) is 25.2 Å². The third kappa shape index (κ3) is 5.64. The number of aliphatic hydroxyl groups is 1. The van der Waals surface area contributed by atoms with E-state index in [0.29, 0.717) is 5.56 Å². The van der Waals surface area contributed by atoms with Crippen LogP contribution in [0.1, 0.15) is 22.8 Å². The number of hydroxylamine groups is 1. The molecule has 1 aliphatic rings. The minimum atomic E-state index is -1.25. The number of aliphatic hydroxyl groups excluding tert-OH is 1. The molecule has 0 bridgehead atoms. The van der Waals surface area contributed by atoms with E-state index in [-0.39, 0.29) is 0 Å². The summed E-state index contributed by atoms with van der Waals surface area (Å²) in [6, 6.07) is 14.0. The first-order valence-corrected chi connectivity index (χ1v) is 9.90. The molecule has 3 rings (SSSR count). The fraction of sp³-hybridized carbons (Fsp3) is 0.364. The summed E-state index contributed by atoms with van der Waals surface area (Å²) < 4.78 is 5.39. The van der Waals surface area contributed by atoms with E-state index in [9.17, 15) is 14.7 Å². The van der Waals surface area contributed by atoms with Gasteiger partial charge in [-0.3, -0.25) is 19.7 Å². The van der Waals surface area contributed by atoms with Crippen molar-refractivity contribution in [2.75, 3.05) is 26.3 Å². The van der Waals surface area contributed by atoms with E-state index >= 15 is 0 Å². The molecule has 4 N–H and O–H groups in total. The van der Waals surface area contributed by atoms with Crippen molar-refractivity contribution in [3.05, 3.63) is 59.7 Å². The first kappa shape index (κ1) is 21.9. The van der Waals surface area contributed by atoms with Crippen molar-refractivity contribution in [2.45, 2.75) is 25.6 Å². The summed E-state index contributed by atoms with van der Waals surface area (Å²) in [5.74, 6) is -1.40. The number of benzene rings is 2. The van der Waals surface area contributed by atoms with Gasteiger partial charge in [-0.25, -0.2) is 5.48 Å². The minimum absolute atomic E-state index is 0.347. The van der Waals surface area contributed by atoms with Gasteiger partial charge in [-0.15, -0.1) is 0 Å². The van der Waals surface area contributed by atoms with E-state index in [0.717, 1.165) is 44.0 Å². The summed E-state index contributed by atoms with van der Waals surface area (Å²) in [6.45, 7) is 5.60. The number of rotatable bonds is 7. The molecular formula is C22H27N3O5. The van der Waals surface area contributed by atoms with Crippen molar-refractivity contribution < 1.29 is 24.6 Å². The van der Waals surface area contributed by atoms with E-state index in [1.54, 1.807) is 12.1 Å². The number of nitrogens with one attached hydrogen (secondary N) is 2. The SMILES string of the molecule is CC(O)[C@H](NC(=O)c1ccc(-c2cccc(CN3CCOCC3)c2)cc1)C(=O)NO. The number of carbonyl (C=O) groups excluding carboxylic acids is 2. The van der Waals surface area contributed by atoms with Crippen molar-refractivity contribution in [1.29, 1.82) is 0 Å². The molecule has 160 valence electrons. The molecule has 2 atom stereocenters. The molecule has 0 spiro atoms. The monoisotopic (exact) mass is 413 g/mol. The van der Waals surface area contributed by atoms with Crippen LogP contribution in [0.4, 0.5) is 0 Å². The van der Waals surface area contributed by atoms with Gasteiger partial charge in [-0.2, -0.15) is 0 Å². The second-order valence-electron chi connectivity index (χ2n) is 7.33. The van der Waals surface area contributed by atoms with Crippen LogP contribution in [0.5, 0.6) is 0 Å². The van der Waals surface area contributed by atoms with E-state index < -0.39 is 24.0 Å². The molecule has 1 fully saturated rings. The highest BCUT2D eigenvalue weighted by molar-refractivity contribution is 5.97. The molecule has 2 aromatic rings. The summed E-state index contributed by atoms with van der Waals surface area (Å²) >= 11 is 0. The van der Waals surface area contributed by atoms with Gasteiger partial charge in [0.1, 0.15) is 6.04 Å². The molecular weight excluding hydrogens is 386 g/mol. The van der Waals surface area contributed by atoms with Crippen LogP contribution in [0.25, 0.3) is 11.1 Å². The molecule has 8 nitrogen and oxygen atoms in total. The van der Waals surface area contributed by atoms with Crippen LogP contribution in [0, 0.1) is 0 Å². The topological polar surface area (TPSA) is 111 Å². The maximum absolute atomic E-state index is 12.4. The number of carbonyl (C=O) groups is 2. The van der Waals surface area contributed by atoms with Crippen LogP contribution in [0.3, 0.4) is 0 Å². The molecule has 2 amide bonds. The molecule has 0 aromatic heterocycles. The Morgan fingerprint density at radius 1 is 1.10 bits per heavy atom. The normalized spacial score (nSPS) is 16.5. The summed E-state index contributed by atoms with van der Waals surface area (Å²) in [5.41, 5.74) is 5.02. The molecule has 0 radical (unpaired) electrons. The largest absolute Gasteiger partial charge is 0.391 e. The Hall–Kier alpha value is -2.78. The quantitative estimate of drug-likeness (QED) is 0.401. The van der Waals surface area contributed by atoms with Crippen molar-refractivity contribution in [1.82, 2.24) is 15.7 Å². The Labute approximate surface area is 175 Å². The predicted octanol–water partition coefficient (Wildman–Crippen LogP) is 1.17. The van der Waals surface area contributed by atoms with Gasteiger partial charge in [0.15, 0.2) is 0 Å². The molecule has 0 saturated carbocycles. The highest BCUT2D eigenvalue weighted by atomic mass is 16.5. The predicted molar refractivity (Wildman–Crippen MR) is 111 cm³/mol. The van der Waals surface area contributed by atoms with E-state index in [2.05, 4.69) is 22.3 Å². The third-order valence-electron chi connectivity index (χ3n) is 5.08. The van der Waals surface area contributed by atoms with Gasteiger partial charge in [0.25, 0.3) is 11.8 Å². The van der Waals surface area contributed by atoms with Crippen molar-refractivity contribution >= 4 is 11.8 Å². The summed E-state index contributed by atoms with van der Waals surface area (Å²) in [7, 11) is 0. The Morgan fingerprint density at radius 3 is 2.43 bits per heavy atom. The molecule has 30 heavy (non-hydrogen) atoms. The van der Waals surface area contributed by atoms with Crippen molar-refractivity contribution in [3.63, 3.8) is 0 Å². The van der Waals surface area contributed by atoms with Crippen LogP contribution in [-0.4, -0.2) is 65.5 Å². The zero-order chi connectivity index (χ0) is 21.5. The number of hydrogen-bond donors (Lipinski definition) is 4. The maximum atomic E-state index is 12.4. The average molecular weight is 413 g/mol. The van der Waals surface area contributed by atoms with E-state index in [1.807, 2.05) is 24.3 Å². The molecule has 0 aliphatic carbocycles. The highest BCUT2D eigenvalue weighted by Gasteiger charge is 2.25. The lowest BCUT2D eigenvalue weighted by Crippen LogP contribution is -2.51. The first-order chi connectivity index (χ1) is 14.5. The summed E-state index contributed by atoms with van der Waals surface area (Å²) in [4.78, 5) is 26.3. The second kappa shape index (κ2) is 10.3. The molecule has 1 saturated heterocycles. The fourth-order valence-corrected chi connectivity index (χ4v) is 3.38. The smallest absolute Gasteiger partial charge is 0.268 e. The number of nitrogens with zero attached hydrogens (tertiary/aromatic N) is 1. The van der Waals surface area contributed by atoms with Gasteiger partial charge in [0.05, 0.1) is 19.3 Å². The zero-order valence-electron chi connectivity index (χ0n) is 16.9. The number of ether oxygens (including phenoxy) is 1. The lowest BCUT2D eigenvalue weighted by atomic mass is 10.0. The Balaban J connectivity index is 1.68. The van der Waals surface area contributed by atoms with Gasteiger partial charge < -0.3 is 15.2 Å². The van der Waals surface area contributed by atoms with Gasteiger partial charge >= 0.3 is 0 Å². The standard InChI is InChI=1S/C22H27N3O5/c1-15(26)20(22(28)24-29)23-21(27)18-7-5-17(6-8-18)19-4-2-3-16(13-19)14-25-9-11-30-12-10-25/h2-8,13,15,20,26,29H,9-12,14H2,1H3,(H,23,27)(H,24,28)/t15?,20-/m0/s1. The van der Waals surface area contributed by atoms with Crippen LogP contribution >= 0.6 is 0 Å². The lowest BCUT2D eigenvalue weighted by molar-refractivity contribution is -0.133. The Bertz CT molecular complexity index is 863. The van der Waals surface area contributed by atoms with Gasteiger partial charge in [-0.05, 0) is 41.8 Å². The lowest BCUT2D eigenvalue weighted by Gasteiger charge is -2.26. The van der Waals surface area contributed by atoms with E-state index in [4.69, 9.17) is 9.94 Å². The summed E-state index contributed by atoms with van der Waals surface area (Å²) in [5, 5.41) is 20.8. The maximum Gasteiger partial charge on any atom is 0.268 e. The van der Waals surface area contributed by atoms with E-state index in [1.165, 1.54) is 18.0 Å². The first-order valence-electron chi connectivity index (χ1n) is 9.90. The summed E-state index contributed by atoms with van der Waals surface area (Å²) in [6.07, 6.45) is -1.16. The van der Waals surface area contributed by atoms with Crippen LogP contribution in [-0.2, 0) is 16.1 Å². The number of hydrogen-bond acceptors (Lipinski definition) is 6. The van der Waals surface area contributed by atoms with Crippen LogP contribution in [0.2, 0.25) is 0 Å². The molecule has 1 aliphatic heterocycles. The number of morpholine rings is 1. The molecule has 1 heterocycles. The zero-order valence-corrected chi connectivity index (χ0v) is 16.9. The third-order valence-corrected chi connectivity index (χ3v) is 5.08. The molecule has 1 unspecified atom stereocenters. The number of amides is 2. The van der Waals surface area contributed by atoms with Crippen molar-refractivity contribution in [3.8, 4) is 11.1 Å². The fourth-order valence-electron chi connectivity index (χ4n) is 3.38. The van der Waals surface area contributed by atoms with Crippen molar-refractivity contribution in [2.24, 2.45) is 0 Å². The molecule has 8 heteroatoms. The van der Waals surface area contributed by atoms with Gasteiger partial charge in [-0.1, -0.05) is 30.3 Å².